The lowest BCUT2D eigenvalue weighted by Crippen LogP contribution is -2.17. The minimum Gasteiger partial charge on any atom is -0.493 e. The molecule has 3 aromatic carbocycles. The number of carbonyl (C=O) groups is 1. The molecule has 0 bridgehead atoms. The maximum absolute atomic E-state index is 12.7. The molecule has 1 aromatic heterocycles. The van der Waals surface area contributed by atoms with Crippen molar-refractivity contribution in [2.24, 2.45) is 5.10 Å². The van der Waals surface area contributed by atoms with Gasteiger partial charge in [0.1, 0.15) is 0 Å². The number of hydrazone groups is 1. The number of hydrogen-bond acceptors (Lipinski definition) is 4. The summed E-state index contributed by atoms with van der Waals surface area (Å²) in [7, 11) is 1.61. The van der Waals surface area contributed by atoms with E-state index < -0.39 is 0 Å². The Labute approximate surface area is 231 Å². The van der Waals surface area contributed by atoms with Gasteiger partial charge in [-0.25, -0.2) is 5.43 Å². The molecule has 0 aliphatic carbocycles. The predicted octanol–water partition coefficient (Wildman–Crippen LogP) is 7.01. The third kappa shape index (κ3) is 6.22. The first kappa shape index (κ1) is 26.5. The smallest absolute Gasteiger partial charge is 0.271 e. The summed E-state index contributed by atoms with van der Waals surface area (Å²) in [5, 5.41) is 4.15. The van der Waals surface area contributed by atoms with Crippen molar-refractivity contribution in [3.8, 4) is 28.4 Å². The highest BCUT2D eigenvalue weighted by atomic mass is 127. The molecule has 1 heterocycles. The summed E-state index contributed by atoms with van der Waals surface area (Å²) in [6.07, 6.45) is 2.58. The molecular weight excluding hydrogens is 577 g/mol. The van der Waals surface area contributed by atoms with Crippen LogP contribution in [0.25, 0.3) is 16.9 Å². The molecule has 0 aliphatic heterocycles. The maximum Gasteiger partial charge on any atom is 0.271 e. The van der Waals surface area contributed by atoms with E-state index in [1.54, 1.807) is 25.5 Å². The Morgan fingerprint density at radius 2 is 1.81 bits per heavy atom. The van der Waals surface area contributed by atoms with Crippen LogP contribution in [0.1, 0.15) is 41.9 Å². The van der Waals surface area contributed by atoms with E-state index in [0.29, 0.717) is 17.1 Å². The van der Waals surface area contributed by atoms with Gasteiger partial charge in [-0.1, -0.05) is 37.3 Å². The Bertz CT molecular complexity index is 1400. The van der Waals surface area contributed by atoms with Gasteiger partial charge in [0.25, 0.3) is 5.91 Å². The van der Waals surface area contributed by atoms with Gasteiger partial charge in [0.2, 0.25) is 0 Å². The Morgan fingerprint density at radius 1 is 1.08 bits per heavy atom. The number of aromatic nitrogens is 1. The zero-order valence-electron chi connectivity index (χ0n) is 21.4. The molecule has 0 fully saturated rings. The lowest BCUT2D eigenvalue weighted by molar-refractivity contribution is 0.0955. The lowest BCUT2D eigenvalue weighted by Gasteiger charge is -2.17. The largest absolute Gasteiger partial charge is 0.493 e. The minimum atomic E-state index is -0.284. The van der Waals surface area contributed by atoms with Crippen LogP contribution in [0.15, 0.2) is 84.0 Å². The summed E-state index contributed by atoms with van der Waals surface area (Å²) < 4.78 is 14.6. The van der Waals surface area contributed by atoms with Gasteiger partial charge in [-0.15, -0.1) is 0 Å². The number of benzene rings is 3. The molecule has 1 atom stereocenters. The summed E-state index contributed by atoms with van der Waals surface area (Å²) in [4.78, 5) is 12.7. The first-order chi connectivity index (χ1) is 17.9. The molecule has 0 unspecified atom stereocenters. The van der Waals surface area contributed by atoms with Gasteiger partial charge < -0.3 is 14.0 Å². The molecule has 0 saturated heterocycles. The van der Waals surface area contributed by atoms with E-state index in [-0.39, 0.29) is 12.0 Å². The van der Waals surface area contributed by atoms with Gasteiger partial charge in [-0.2, -0.15) is 5.10 Å². The fourth-order valence-corrected chi connectivity index (χ4v) is 4.67. The van der Waals surface area contributed by atoms with Crippen LogP contribution in [-0.2, 0) is 0 Å². The number of nitrogens with zero attached hydrogens (tertiary/aromatic N) is 2. The lowest BCUT2D eigenvalue weighted by atomic mass is 10.1. The molecule has 0 radical (unpaired) electrons. The van der Waals surface area contributed by atoms with Crippen LogP contribution < -0.4 is 14.9 Å². The highest BCUT2D eigenvalue weighted by Crippen LogP contribution is 2.34. The van der Waals surface area contributed by atoms with Crippen LogP contribution in [-0.4, -0.2) is 29.9 Å². The highest BCUT2D eigenvalue weighted by Gasteiger charge is 2.14. The van der Waals surface area contributed by atoms with Crippen LogP contribution in [0, 0.1) is 10.5 Å². The van der Waals surface area contributed by atoms with Crippen molar-refractivity contribution >= 4 is 34.7 Å². The van der Waals surface area contributed by atoms with E-state index in [4.69, 9.17) is 9.47 Å². The molecule has 0 spiro atoms. The van der Waals surface area contributed by atoms with Crippen molar-refractivity contribution < 1.29 is 14.3 Å². The highest BCUT2D eigenvalue weighted by molar-refractivity contribution is 14.1. The van der Waals surface area contributed by atoms with Gasteiger partial charge in [-0.05, 0) is 103 Å². The third-order valence-corrected chi connectivity index (χ3v) is 6.86. The van der Waals surface area contributed by atoms with Gasteiger partial charge in [0, 0.05) is 16.9 Å². The van der Waals surface area contributed by atoms with Gasteiger partial charge in [0.05, 0.1) is 28.7 Å². The Kier molecular flexibility index (Phi) is 8.66. The van der Waals surface area contributed by atoms with Gasteiger partial charge >= 0.3 is 0 Å². The van der Waals surface area contributed by atoms with Crippen molar-refractivity contribution in [3.63, 3.8) is 0 Å². The maximum atomic E-state index is 12.7. The molecule has 4 rings (SSSR count). The molecule has 1 amide bonds. The topological polar surface area (TPSA) is 64.8 Å². The summed E-state index contributed by atoms with van der Waals surface area (Å²) in [5.41, 5.74) is 8.28. The molecule has 190 valence electrons. The van der Waals surface area contributed by atoms with Crippen LogP contribution in [0.5, 0.6) is 11.5 Å². The molecule has 6 nitrogen and oxygen atoms in total. The number of halogens is 1. The minimum absolute atomic E-state index is 0.0824. The van der Waals surface area contributed by atoms with Crippen LogP contribution in [0.2, 0.25) is 0 Å². The average Bonchev–Trinajstić information content (AvgIpc) is 3.31. The van der Waals surface area contributed by atoms with Gasteiger partial charge in [-0.3, -0.25) is 4.79 Å². The summed E-state index contributed by atoms with van der Waals surface area (Å²) in [5.74, 6) is 1.06. The predicted molar refractivity (Wildman–Crippen MR) is 157 cm³/mol. The second kappa shape index (κ2) is 12.1. The van der Waals surface area contributed by atoms with E-state index in [1.807, 2.05) is 49.4 Å². The molecule has 4 aromatic rings. The second-order valence-electron chi connectivity index (χ2n) is 8.68. The fraction of sp³-hybridized carbons (Fsp3) is 0.200. The Hall–Kier alpha value is -3.59. The number of rotatable bonds is 9. The van der Waals surface area contributed by atoms with Crippen LogP contribution in [0.4, 0.5) is 0 Å². The number of carbonyl (C=O) groups excluding carboxylic acids is 1. The Morgan fingerprint density at radius 3 is 2.49 bits per heavy atom. The van der Waals surface area contributed by atoms with E-state index in [2.05, 4.69) is 75.8 Å². The van der Waals surface area contributed by atoms with E-state index >= 15 is 0 Å². The zero-order valence-corrected chi connectivity index (χ0v) is 23.5. The molecule has 0 aliphatic rings. The second-order valence-corrected chi connectivity index (χ2v) is 9.84. The number of aryl methyl sites for hydroxylation is 1. The fourth-order valence-electron chi connectivity index (χ4n) is 3.92. The van der Waals surface area contributed by atoms with Crippen LogP contribution in [0.3, 0.4) is 0 Å². The van der Waals surface area contributed by atoms with Crippen molar-refractivity contribution in [1.29, 1.82) is 0 Å². The first-order valence-electron chi connectivity index (χ1n) is 12.1. The van der Waals surface area contributed by atoms with Crippen molar-refractivity contribution in [3.05, 3.63) is 99.3 Å². The summed E-state index contributed by atoms with van der Waals surface area (Å²) >= 11 is 2.22. The SMILES string of the molecule is CC[C@H](C)Oc1c(I)cc(/C=N/NC(=O)c2ccc(-n3c(C)ccc3-c3ccccc3)cc2)cc1OC. The zero-order chi connectivity index (χ0) is 26.4. The number of hydrogen-bond donors (Lipinski definition) is 1. The third-order valence-electron chi connectivity index (χ3n) is 6.06. The van der Waals surface area contributed by atoms with E-state index in [0.717, 1.165) is 38.2 Å². The van der Waals surface area contributed by atoms with Crippen molar-refractivity contribution in [2.75, 3.05) is 7.11 Å². The van der Waals surface area contributed by atoms with Gasteiger partial charge in [0.15, 0.2) is 11.5 Å². The molecule has 0 saturated carbocycles. The van der Waals surface area contributed by atoms with Crippen molar-refractivity contribution in [1.82, 2.24) is 9.99 Å². The standard InChI is InChI=1S/C30H30IN3O3/c1-5-21(3)37-29-26(31)17-22(18-28(29)36-4)19-32-33-30(35)24-12-14-25(15-13-24)34-20(2)11-16-27(34)23-9-7-6-8-10-23/h6-19,21H,5H2,1-4H3,(H,33,35)/b32-19+/t21-/m0/s1. The Balaban J connectivity index is 1.47. The quantitative estimate of drug-likeness (QED) is 0.127. The molecule has 7 heteroatoms. The molecular formula is C30H30IN3O3. The average molecular weight is 607 g/mol. The number of amides is 1. The summed E-state index contributed by atoms with van der Waals surface area (Å²) in [6.45, 7) is 6.17. The normalized spacial score (nSPS) is 11.9. The number of ether oxygens (including phenoxy) is 2. The first-order valence-corrected chi connectivity index (χ1v) is 13.2. The number of nitrogens with one attached hydrogen (secondary N) is 1. The van der Waals surface area contributed by atoms with E-state index in [1.165, 1.54) is 0 Å². The summed E-state index contributed by atoms with van der Waals surface area (Å²) in [6, 6.07) is 25.7. The van der Waals surface area contributed by atoms with E-state index in [9.17, 15) is 4.79 Å². The number of methoxy groups -OCH3 is 1. The van der Waals surface area contributed by atoms with Crippen molar-refractivity contribution in [2.45, 2.75) is 33.3 Å². The van der Waals surface area contributed by atoms with Crippen LogP contribution >= 0.6 is 22.6 Å². The molecule has 1 N–H and O–H groups in total. The monoisotopic (exact) mass is 607 g/mol. The molecule has 37 heavy (non-hydrogen) atoms.